The number of ketones is 2. The minimum Gasteiger partial charge on any atom is -0.508 e. The summed E-state index contributed by atoms with van der Waals surface area (Å²) >= 11 is 6.46. The van der Waals surface area contributed by atoms with Gasteiger partial charge in [-0.1, -0.05) is 29.3 Å². The first-order valence-electron chi connectivity index (χ1n) is 10.5. The minimum atomic E-state index is -1.13. The number of benzene rings is 1. The minimum absolute atomic E-state index is 0.0567. The Morgan fingerprint density at radius 2 is 1.88 bits per heavy atom. The lowest BCUT2D eigenvalue weighted by Crippen LogP contribution is -2.42. The van der Waals surface area contributed by atoms with Crippen LogP contribution in [0, 0.1) is 17.8 Å². The standard InChI is InChI=1S/C24H19ClN2O6/c1-9-6-17(29)15-8-14-11(4-5-13-19(14)23(32)27(22(13)31)24(26)33)18(20(15)21(9)30)12-3-2-10(28)7-16(12)25/h2-4,6-7,13-14,18-19,28H,5,8H2,1H3,(H2,26,33)/t13-,14+,18+,19-/m0/s1. The number of fused-ring (bicyclic) bond motifs is 3. The van der Waals surface area contributed by atoms with Crippen molar-refractivity contribution in [2.45, 2.75) is 25.7 Å². The van der Waals surface area contributed by atoms with Gasteiger partial charge in [0.1, 0.15) is 5.75 Å². The Morgan fingerprint density at radius 3 is 2.55 bits per heavy atom. The number of amides is 4. The van der Waals surface area contributed by atoms with Crippen LogP contribution in [0.25, 0.3) is 0 Å². The third-order valence-electron chi connectivity index (χ3n) is 7.08. The molecule has 0 aromatic heterocycles. The van der Waals surface area contributed by atoms with Gasteiger partial charge in [-0.3, -0.25) is 19.2 Å². The van der Waals surface area contributed by atoms with Crippen molar-refractivity contribution < 1.29 is 29.1 Å². The first kappa shape index (κ1) is 21.3. The molecule has 4 aliphatic rings. The van der Waals surface area contributed by atoms with Crippen molar-refractivity contribution in [3.8, 4) is 5.75 Å². The van der Waals surface area contributed by atoms with Crippen molar-refractivity contribution in [1.29, 1.82) is 0 Å². The zero-order chi connectivity index (χ0) is 23.8. The summed E-state index contributed by atoms with van der Waals surface area (Å²) in [5, 5.41) is 10.0. The third-order valence-corrected chi connectivity index (χ3v) is 7.41. The zero-order valence-corrected chi connectivity index (χ0v) is 18.3. The first-order valence-corrected chi connectivity index (χ1v) is 10.9. The fourth-order valence-corrected chi connectivity index (χ4v) is 5.97. The summed E-state index contributed by atoms with van der Waals surface area (Å²) in [5.74, 6) is -4.93. The van der Waals surface area contributed by atoms with Crippen LogP contribution in [0.1, 0.15) is 31.2 Å². The van der Waals surface area contributed by atoms with Crippen LogP contribution < -0.4 is 5.73 Å². The van der Waals surface area contributed by atoms with Crippen LogP contribution in [0.5, 0.6) is 5.75 Å². The number of aromatic hydroxyl groups is 1. The predicted octanol–water partition coefficient (Wildman–Crippen LogP) is 2.55. The van der Waals surface area contributed by atoms with E-state index in [1.165, 1.54) is 18.2 Å². The van der Waals surface area contributed by atoms with Crippen LogP contribution in [-0.4, -0.2) is 39.4 Å². The van der Waals surface area contributed by atoms with E-state index in [0.29, 0.717) is 27.2 Å². The number of hydrogen-bond donors (Lipinski definition) is 2. The Bertz CT molecular complexity index is 1290. The SMILES string of the molecule is CC1=CC(=O)C2=C(C1=O)[C@@H](c1ccc(O)cc1Cl)C1=CC[C@@H]3C(=O)N(C(N)=O)C(=O)[C@@H]3[C@@H]1C2. The maximum Gasteiger partial charge on any atom is 0.328 e. The van der Waals surface area contributed by atoms with Crippen LogP contribution in [0.4, 0.5) is 4.79 Å². The summed E-state index contributed by atoms with van der Waals surface area (Å²) in [6, 6.07) is 3.25. The molecule has 1 fully saturated rings. The number of allylic oxidation sites excluding steroid dienone is 6. The Balaban J connectivity index is 1.72. The maximum absolute atomic E-state index is 13.2. The number of primary amides is 1. The molecular weight excluding hydrogens is 448 g/mol. The predicted molar refractivity (Wildman–Crippen MR) is 116 cm³/mol. The normalized spacial score (nSPS) is 28.8. The van der Waals surface area contributed by atoms with E-state index in [1.807, 2.05) is 6.08 Å². The number of phenols is 1. The first-order chi connectivity index (χ1) is 15.6. The van der Waals surface area contributed by atoms with Crippen molar-refractivity contribution in [3.05, 3.63) is 63.2 Å². The van der Waals surface area contributed by atoms with E-state index in [9.17, 15) is 29.1 Å². The van der Waals surface area contributed by atoms with Gasteiger partial charge in [0.15, 0.2) is 11.6 Å². The molecule has 8 nitrogen and oxygen atoms in total. The summed E-state index contributed by atoms with van der Waals surface area (Å²) in [5.41, 5.74) is 7.38. The van der Waals surface area contributed by atoms with E-state index in [-0.39, 0.29) is 40.8 Å². The number of carbonyl (C=O) groups is 5. The molecule has 5 rings (SSSR count). The number of Topliss-reactive ketones (excluding diaryl/α,β-unsaturated/α-hetero) is 1. The zero-order valence-electron chi connectivity index (χ0n) is 17.5. The quantitative estimate of drug-likeness (QED) is 0.371. The Kier molecular flexibility index (Phi) is 4.68. The summed E-state index contributed by atoms with van der Waals surface area (Å²) in [4.78, 5) is 64.3. The number of phenolic OH excluding ortho intramolecular Hbond substituents is 1. The molecule has 4 atom stereocenters. The van der Waals surface area contributed by atoms with Gasteiger partial charge in [0.2, 0.25) is 11.8 Å². The second kappa shape index (κ2) is 7.25. The van der Waals surface area contributed by atoms with Crippen LogP contribution in [0.2, 0.25) is 5.02 Å². The van der Waals surface area contributed by atoms with E-state index in [4.69, 9.17) is 17.3 Å². The summed E-state index contributed by atoms with van der Waals surface area (Å²) < 4.78 is 0. The monoisotopic (exact) mass is 466 g/mol. The fourth-order valence-electron chi connectivity index (χ4n) is 5.68. The highest BCUT2D eigenvalue weighted by atomic mass is 35.5. The van der Waals surface area contributed by atoms with Gasteiger partial charge in [0, 0.05) is 27.7 Å². The Labute approximate surface area is 193 Å². The Morgan fingerprint density at radius 1 is 1.15 bits per heavy atom. The van der Waals surface area contributed by atoms with Crippen molar-refractivity contribution in [1.82, 2.24) is 4.90 Å². The molecule has 1 aromatic carbocycles. The molecule has 3 N–H and O–H groups in total. The molecule has 0 radical (unpaired) electrons. The number of nitrogens with zero attached hydrogens (tertiary/aromatic N) is 1. The van der Waals surface area contributed by atoms with E-state index in [2.05, 4.69) is 0 Å². The number of rotatable bonds is 1. The molecule has 0 saturated carbocycles. The summed E-state index contributed by atoms with van der Waals surface area (Å²) in [7, 11) is 0. The second-order valence-electron chi connectivity index (χ2n) is 8.78. The van der Waals surface area contributed by atoms with Crippen LogP contribution in [0.3, 0.4) is 0 Å². The van der Waals surface area contributed by atoms with Crippen molar-refractivity contribution in [2.24, 2.45) is 23.5 Å². The van der Waals surface area contributed by atoms with E-state index in [0.717, 1.165) is 0 Å². The van der Waals surface area contributed by atoms with Crippen molar-refractivity contribution >= 4 is 41.0 Å². The van der Waals surface area contributed by atoms with Gasteiger partial charge in [0.25, 0.3) is 0 Å². The number of halogens is 1. The number of carbonyl (C=O) groups excluding carboxylic acids is 5. The molecule has 1 heterocycles. The third kappa shape index (κ3) is 2.94. The van der Waals surface area contributed by atoms with Gasteiger partial charge in [0.05, 0.1) is 11.8 Å². The van der Waals surface area contributed by atoms with Crippen molar-refractivity contribution in [3.63, 3.8) is 0 Å². The fraction of sp³-hybridized carbons (Fsp3) is 0.292. The van der Waals surface area contributed by atoms with Gasteiger partial charge < -0.3 is 10.8 Å². The van der Waals surface area contributed by atoms with Gasteiger partial charge in [-0.15, -0.1) is 0 Å². The number of hydrogen-bond acceptors (Lipinski definition) is 6. The lowest BCUT2D eigenvalue weighted by molar-refractivity contribution is -0.136. The van der Waals surface area contributed by atoms with Gasteiger partial charge in [-0.25, -0.2) is 4.79 Å². The number of likely N-dealkylation sites (tertiary alicyclic amines) is 1. The number of imide groups is 3. The highest BCUT2D eigenvalue weighted by Crippen LogP contribution is 2.55. The van der Waals surface area contributed by atoms with Crippen LogP contribution in [0.15, 0.2) is 52.6 Å². The average Bonchev–Trinajstić information content (AvgIpc) is 3.01. The van der Waals surface area contributed by atoms with Crippen LogP contribution in [-0.2, 0) is 19.2 Å². The molecule has 0 bridgehead atoms. The largest absolute Gasteiger partial charge is 0.508 e. The average molecular weight is 467 g/mol. The highest BCUT2D eigenvalue weighted by Gasteiger charge is 2.57. The topological polar surface area (TPSA) is 135 Å². The molecule has 168 valence electrons. The van der Waals surface area contributed by atoms with E-state index in [1.54, 1.807) is 13.0 Å². The molecule has 3 aliphatic carbocycles. The highest BCUT2D eigenvalue weighted by molar-refractivity contribution is 6.32. The number of nitrogens with two attached hydrogens (primary N) is 1. The molecule has 0 unspecified atom stereocenters. The van der Waals surface area contributed by atoms with E-state index >= 15 is 0 Å². The molecule has 1 aromatic rings. The van der Waals surface area contributed by atoms with Gasteiger partial charge in [-0.05, 0) is 49.5 Å². The second-order valence-corrected chi connectivity index (χ2v) is 9.19. The molecular formula is C24H19ClN2O6. The number of urea groups is 1. The molecule has 9 heteroatoms. The molecule has 0 spiro atoms. The molecule has 4 amide bonds. The smallest absolute Gasteiger partial charge is 0.328 e. The maximum atomic E-state index is 13.2. The van der Waals surface area contributed by atoms with Crippen LogP contribution >= 0.6 is 11.6 Å². The van der Waals surface area contributed by atoms with Gasteiger partial charge >= 0.3 is 6.03 Å². The summed E-state index contributed by atoms with van der Waals surface area (Å²) in [6.45, 7) is 1.57. The van der Waals surface area contributed by atoms with Gasteiger partial charge in [-0.2, -0.15) is 4.90 Å². The summed E-state index contributed by atoms with van der Waals surface area (Å²) in [6.07, 6.45) is 3.37. The molecule has 1 aliphatic heterocycles. The van der Waals surface area contributed by atoms with E-state index < -0.39 is 41.5 Å². The molecule has 33 heavy (non-hydrogen) atoms. The van der Waals surface area contributed by atoms with Crippen molar-refractivity contribution in [2.75, 3.05) is 0 Å². The molecule has 1 saturated heterocycles. The lowest BCUT2D eigenvalue weighted by Gasteiger charge is -2.42. The Hall–Kier alpha value is -3.52. The lowest BCUT2D eigenvalue weighted by atomic mass is 9.59.